The van der Waals surface area contributed by atoms with E-state index in [-0.39, 0.29) is 5.41 Å². The van der Waals surface area contributed by atoms with Crippen LogP contribution in [-0.4, -0.2) is 12.1 Å². The smallest absolute Gasteiger partial charge is 0.131 e. The van der Waals surface area contributed by atoms with E-state index in [1.165, 1.54) is 5.56 Å². The summed E-state index contributed by atoms with van der Waals surface area (Å²) in [5.74, 6) is 1.68. The van der Waals surface area contributed by atoms with Gasteiger partial charge in [-0.2, -0.15) is 0 Å². The van der Waals surface area contributed by atoms with E-state index in [4.69, 9.17) is 4.74 Å². The number of fused-ring (bicyclic) bond motifs is 1. The number of hydrogen-bond donors (Lipinski definition) is 1. The molecule has 3 heteroatoms. The molecular weight excluding hydrogens is 284 g/mol. The highest BCUT2D eigenvalue weighted by atomic mass is 16.5. The molecule has 1 heterocycles. The molecule has 3 rings (SSSR count). The molecule has 0 aliphatic rings. The summed E-state index contributed by atoms with van der Waals surface area (Å²) in [5, 5.41) is 4.43. The molecular formula is C20H22N2O. The van der Waals surface area contributed by atoms with Gasteiger partial charge in [0.2, 0.25) is 0 Å². The zero-order valence-electron chi connectivity index (χ0n) is 14.1. The minimum absolute atomic E-state index is 0.165. The Hall–Kier alpha value is -2.55. The highest BCUT2D eigenvalue weighted by Gasteiger charge is 2.12. The van der Waals surface area contributed by atoms with Gasteiger partial charge in [-0.25, -0.2) is 4.98 Å². The molecule has 0 aliphatic carbocycles. The molecule has 0 unspecified atom stereocenters. The van der Waals surface area contributed by atoms with Gasteiger partial charge in [-0.05, 0) is 53.4 Å². The van der Waals surface area contributed by atoms with Crippen LogP contribution in [0.15, 0.2) is 54.6 Å². The van der Waals surface area contributed by atoms with Gasteiger partial charge in [0, 0.05) is 11.1 Å². The van der Waals surface area contributed by atoms with Crippen LogP contribution in [0.5, 0.6) is 5.75 Å². The summed E-state index contributed by atoms with van der Waals surface area (Å²) in [5.41, 5.74) is 3.47. The summed E-state index contributed by atoms with van der Waals surface area (Å²) in [7, 11) is 1.67. The van der Waals surface area contributed by atoms with Crippen molar-refractivity contribution in [2.24, 2.45) is 0 Å². The summed E-state index contributed by atoms with van der Waals surface area (Å²) >= 11 is 0. The Bertz CT molecular complexity index is 817. The minimum Gasteiger partial charge on any atom is -0.497 e. The number of hydrogen-bond acceptors (Lipinski definition) is 3. The van der Waals surface area contributed by atoms with Crippen molar-refractivity contribution in [3.05, 3.63) is 60.2 Å². The van der Waals surface area contributed by atoms with Gasteiger partial charge in [0.05, 0.1) is 12.6 Å². The Morgan fingerprint density at radius 1 is 0.913 bits per heavy atom. The molecule has 3 aromatic rings. The number of rotatable bonds is 3. The van der Waals surface area contributed by atoms with E-state index in [1.807, 2.05) is 24.3 Å². The van der Waals surface area contributed by atoms with Gasteiger partial charge in [0.1, 0.15) is 11.6 Å². The van der Waals surface area contributed by atoms with Crippen molar-refractivity contribution in [3.8, 4) is 5.75 Å². The largest absolute Gasteiger partial charge is 0.497 e. The molecule has 1 aromatic heterocycles. The third-order valence-corrected chi connectivity index (χ3v) is 3.92. The number of nitrogens with one attached hydrogen (secondary N) is 1. The van der Waals surface area contributed by atoms with Gasteiger partial charge < -0.3 is 10.1 Å². The fourth-order valence-corrected chi connectivity index (χ4v) is 2.50. The monoisotopic (exact) mass is 306 g/mol. The lowest BCUT2D eigenvalue weighted by molar-refractivity contribution is 0.415. The molecule has 0 saturated heterocycles. The van der Waals surface area contributed by atoms with E-state index in [9.17, 15) is 0 Å². The van der Waals surface area contributed by atoms with Gasteiger partial charge in [-0.3, -0.25) is 0 Å². The predicted octanol–water partition coefficient (Wildman–Crippen LogP) is 5.28. The number of nitrogens with zero attached hydrogens (tertiary/aromatic N) is 1. The molecule has 0 aliphatic heterocycles. The fourth-order valence-electron chi connectivity index (χ4n) is 2.50. The molecule has 0 radical (unpaired) electrons. The van der Waals surface area contributed by atoms with Crippen molar-refractivity contribution in [1.82, 2.24) is 4.98 Å². The average molecular weight is 306 g/mol. The highest BCUT2D eigenvalue weighted by molar-refractivity contribution is 5.82. The second-order valence-electron chi connectivity index (χ2n) is 6.71. The summed E-state index contributed by atoms with van der Waals surface area (Å²) in [6.45, 7) is 6.65. The van der Waals surface area contributed by atoms with Gasteiger partial charge >= 0.3 is 0 Å². The van der Waals surface area contributed by atoms with Gasteiger partial charge in [-0.15, -0.1) is 0 Å². The third kappa shape index (κ3) is 3.45. The number of aromatic nitrogens is 1. The Labute approximate surface area is 137 Å². The van der Waals surface area contributed by atoms with Crippen LogP contribution in [0, 0.1) is 0 Å². The standard InChI is InChI=1S/C20H22N2O/c1-20(2,3)15-6-8-16(9-7-15)21-19-12-5-14-13-17(23-4)10-11-18(14)22-19/h5-13H,1-4H3,(H,21,22). The Morgan fingerprint density at radius 3 is 2.30 bits per heavy atom. The maximum atomic E-state index is 5.24. The lowest BCUT2D eigenvalue weighted by Crippen LogP contribution is -2.10. The SMILES string of the molecule is COc1ccc2nc(Nc3ccc(C(C)(C)C)cc3)ccc2c1. The summed E-state index contributed by atoms with van der Waals surface area (Å²) < 4.78 is 5.24. The van der Waals surface area contributed by atoms with Crippen molar-refractivity contribution in [2.75, 3.05) is 12.4 Å². The van der Waals surface area contributed by atoms with E-state index < -0.39 is 0 Å². The van der Waals surface area contributed by atoms with Gasteiger partial charge in [0.15, 0.2) is 0 Å². The molecule has 0 amide bonds. The molecule has 0 saturated carbocycles. The van der Waals surface area contributed by atoms with Gasteiger partial charge in [0.25, 0.3) is 0 Å². The Balaban J connectivity index is 1.83. The van der Waals surface area contributed by atoms with Crippen LogP contribution < -0.4 is 10.1 Å². The molecule has 1 N–H and O–H groups in total. The number of ether oxygens (including phenoxy) is 1. The maximum Gasteiger partial charge on any atom is 0.131 e. The molecule has 118 valence electrons. The van der Waals surface area contributed by atoms with E-state index in [0.717, 1.165) is 28.2 Å². The zero-order valence-corrected chi connectivity index (χ0v) is 14.1. The van der Waals surface area contributed by atoms with Crippen LogP contribution in [0.3, 0.4) is 0 Å². The molecule has 3 nitrogen and oxygen atoms in total. The fraction of sp³-hybridized carbons (Fsp3) is 0.250. The average Bonchev–Trinajstić information content (AvgIpc) is 2.54. The minimum atomic E-state index is 0.165. The summed E-state index contributed by atoms with van der Waals surface area (Å²) in [6.07, 6.45) is 0. The first kappa shape index (κ1) is 15.3. The maximum absolute atomic E-state index is 5.24. The van der Waals surface area contributed by atoms with Crippen LogP contribution in [-0.2, 0) is 5.41 Å². The van der Waals surface area contributed by atoms with Crippen LogP contribution in [0.2, 0.25) is 0 Å². The van der Waals surface area contributed by atoms with Gasteiger partial charge in [-0.1, -0.05) is 32.9 Å². The van der Waals surface area contributed by atoms with E-state index in [1.54, 1.807) is 7.11 Å². The normalized spacial score (nSPS) is 11.5. The number of benzene rings is 2. The lowest BCUT2D eigenvalue weighted by Gasteiger charge is -2.19. The van der Waals surface area contributed by atoms with E-state index >= 15 is 0 Å². The topological polar surface area (TPSA) is 34.1 Å². The first-order valence-electron chi connectivity index (χ1n) is 7.78. The third-order valence-electron chi connectivity index (χ3n) is 3.92. The Morgan fingerprint density at radius 2 is 1.65 bits per heavy atom. The quantitative estimate of drug-likeness (QED) is 0.714. The van der Waals surface area contributed by atoms with Crippen LogP contribution in [0.4, 0.5) is 11.5 Å². The molecule has 0 spiro atoms. The van der Waals surface area contributed by atoms with Crippen molar-refractivity contribution in [1.29, 1.82) is 0 Å². The van der Waals surface area contributed by atoms with Crippen molar-refractivity contribution in [3.63, 3.8) is 0 Å². The van der Waals surface area contributed by atoms with Crippen molar-refractivity contribution < 1.29 is 4.74 Å². The van der Waals surface area contributed by atoms with Crippen LogP contribution in [0.25, 0.3) is 10.9 Å². The molecule has 23 heavy (non-hydrogen) atoms. The van der Waals surface area contributed by atoms with Crippen molar-refractivity contribution >= 4 is 22.4 Å². The van der Waals surface area contributed by atoms with E-state index in [2.05, 4.69) is 61.4 Å². The highest BCUT2D eigenvalue weighted by Crippen LogP contribution is 2.26. The first-order valence-corrected chi connectivity index (χ1v) is 7.78. The second kappa shape index (κ2) is 5.92. The molecule has 0 fully saturated rings. The summed E-state index contributed by atoms with van der Waals surface area (Å²) in [6, 6.07) is 18.4. The Kier molecular flexibility index (Phi) is 3.95. The molecule has 2 aromatic carbocycles. The number of anilines is 2. The predicted molar refractivity (Wildman–Crippen MR) is 96.7 cm³/mol. The number of methoxy groups -OCH3 is 1. The molecule has 0 atom stereocenters. The van der Waals surface area contributed by atoms with E-state index in [0.29, 0.717) is 0 Å². The number of pyridine rings is 1. The van der Waals surface area contributed by atoms with Crippen LogP contribution in [0.1, 0.15) is 26.3 Å². The second-order valence-corrected chi connectivity index (χ2v) is 6.71. The first-order chi connectivity index (χ1) is 11.0. The van der Waals surface area contributed by atoms with Crippen LogP contribution >= 0.6 is 0 Å². The summed E-state index contributed by atoms with van der Waals surface area (Å²) in [4.78, 5) is 4.65. The van der Waals surface area contributed by atoms with Crippen molar-refractivity contribution in [2.45, 2.75) is 26.2 Å². The molecule has 0 bridgehead atoms. The zero-order chi connectivity index (χ0) is 16.4. The lowest BCUT2D eigenvalue weighted by atomic mass is 9.87.